The minimum absolute atomic E-state index is 0.330. The Balaban J connectivity index is 2.67. The molecule has 110 valence electrons. The topological polar surface area (TPSA) is 52.6 Å². The van der Waals surface area contributed by atoms with E-state index in [0.717, 1.165) is 12.8 Å². The molecule has 20 heavy (non-hydrogen) atoms. The Morgan fingerprint density at radius 2 is 1.70 bits per heavy atom. The quantitative estimate of drug-likeness (QED) is 0.717. The van der Waals surface area contributed by atoms with Crippen molar-refractivity contribution >= 4 is 11.9 Å². The van der Waals surface area contributed by atoms with Gasteiger partial charge in [0.1, 0.15) is 0 Å². The molecule has 0 spiro atoms. The standard InChI is InChI=1S/C16H22O4/c1-4-9-19-15(17)13-7-6-8-14(10-13)16(18)20-11-12(3)5-2/h6-8,10,12H,4-5,9,11H2,1-3H3. The Kier molecular flexibility index (Phi) is 6.77. The van der Waals surface area contributed by atoms with Crippen LogP contribution in [-0.2, 0) is 9.47 Å². The fourth-order valence-corrected chi connectivity index (χ4v) is 1.47. The summed E-state index contributed by atoms with van der Waals surface area (Å²) in [6, 6.07) is 6.43. The van der Waals surface area contributed by atoms with Gasteiger partial charge in [-0.15, -0.1) is 0 Å². The Labute approximate surface area is 120 Å². The van der Waals surface area contributed by atoms with Gasteiger partial charge in [-0.05, 0) is 30.5 Å². The van der Waals surface area contributed by atoms with E-state index in [1.165, 1.54) is 6.07 Å². The second-order valence-corrected chi connectivity index (χ2v) is 4.83. The van der Waals surface area contributed by atoms with Crippen LogP contribution in [0.3, 0.4) is 0 Å². The zero-order valence-electron chi connectivity index (χ0n) is 12.3. The van der Waals surface area contributed by atoms with Crippen LogP contribution in [0.2, 0.25) is 0 Å². The highest BCUT2D eigenvalue weighted by atomic mass is 16.5. The first kappa shape index (κ1) is 16.2. The second kappa shape index (κ2) is 8.35. The van der Waals surface area contributed by atoms with Gasteiger partial charge in [0, 0.05) is 0 Å². The normalized spacial score (nSPS) is 11.8. The molecule has 0 aliphatic rings. The third-order valence-corrected chi connectivity index (χ3v) is 2.97. The lowest BCUT2D eigenvalue weighted by molar-refractivity contribution is 0.0447. The molecule has 1 atom stereocenters. The highest BCUT2D eigenvalue weighted by Gasteiger charge is 2.13. The van der Waals surface area contributed by atoms with E-state index in [2.05, 4.69) is 0 Å². The number of rotatable bonds is 7. The van der Waals surface area contributed by atoms with Gasteiger partial charge in [0.05, 0.1) is 24.3 Å². The largest absolute Gasteiger partial charge is 0.462 e. The lowest BCUT2D eigenvalue weighted by atomic mass is 10.1. The van der Waals surface area contributed by atoms with Crippen LogP contribution in [0, 0.1) is 5.92 Å². The molecule has 1 aromatic rings. The highest BCUT2D eigenvalue weighted by Crippen LogP contribution is 2.10. The summed E-state index contributed by atoms with van der Waals surface area (Å²) in [6.07, 6.45) is 1.72. The van der Waals surface area contributed by atoms with E-state index in [-0.39, 0.29) is 0 Å². The smallest absolute Gasteiger partial charge is 0.338 e. The summed E-state index contributed by atoms with van der Waals surface area (Å²) in [5, 5.41) is 0. The van der Waals surface area contributed by atoms with Crippen molar-refractivity contribution in [2.45, 2.75) is 33.6 Å². The van der Waals surface area contributed by atoms with Gasteiger partial charge in [0.25, 0.3) is 0 Å². The van der Waals surface area contributed by atoms with E-state index < -0.39 is 11.9 Å². The number of hydrogen-bond acceptors (Lipinski definition) is 4. The van der Waals surface area contributed by atoms with Crippen molar-refractivity contribution in [2.75, 3.05) is 13.2 Å². The lowest BCUT2D eigenvalue weighted by Gasteiger charge is -2.10. The van der Waals surface area contributed by atoms with Crippen molar-refractivity contribution in [3.8, 4) is 0 Å². The molecule has 1 unspecified atom stereocenters. The van der Waals surface area contributed by atoms with E-state index in [4.69, 9.17) is 9.47 Å². The minimum Gasteiger partial charge on any atom is -0.462 e. The van der Waals surface area contributed by atoms with Gasteiger partial charge in [-0.1, -0.05) is 33.3 Å². The highest BCUT2D eigenvalue weighted by molar-refractivity contribution is 5.95. The van der Waals surface area contributed by atoms with Gasteiger partial charge < -0.3 is 9.47 Å². The molecule has 0 fully saturated rings. The fraction of sp³-hybridized carbons (Fsp3) is 0.500. The van der Waals surface area contributed by atoms with Gasteiger partial charge in [0.15, 0.2) is 0 Å². The molecular weight excluding hydrogens is 256 g/mol. The Morgan fingerprint density at radius 3 is 2.25 bits per heavy atom. The van der Waals surface area contributed by atoms with Crippen molar-refractivity contribution in [3.05, 3.63) is 35.4 Å². The SMILES string of the molecule is CCCOC(=O)c1cccc(C(=O)OCC(C)CC)c1. The summed E-state index contributed by atoms with van der Waals surface area (Å²) in [4.78, 5) is 23.6. The monoisotopic (exact) mass is 278 g/mol. The summed E-state index contributed by atoms with van der Waals surface area (Å²) in [6.45, 7) is 6.76. The molecule has 4 nitrogen and oxygen atoms in total. The number of ether oxygens (including phenoxy) is 2. The number of carbonyl (C=O) groups is 2. The predicted octanol–water partition coefficient (Wildman–Crippen LogP) is 3.46. The van der Waals surface area contributed by atoms with Crippen molar-refractivity contribution in [1.82, 2.24) is 0 Å². The third-order valence-electron chi connectivity index (χ3n) is 2.97. The Morgan fingerprint density at radius 1 is 1.10 bits per heavy atom. The number of benzene rings is 1. The number of carbonyl (C=O) groups excluding carboxylic acids is 2. The maximum atomic E-state index is 11.9. The van der Waals surface area contributed by atoms with E-state index in [1.807, 2.05) is 20.8 Å². The molecule has 0 radical (unpaired) electrons. The van der Waals surface area contributed by atoms with Crippen LogP contribution in [0.25, 0.3) is 0 Å². The van der Waals surface area contributed by atoms with Gasteiger partial charge in [-0.25, -0.2) is 9.59 Å². The van der Waals surface area contributed by atoms with E-state index >= 15 is 0 Å². The Hall–Kier alpha value is -1.84. The van der Waals surface area contributed by atoms with E-state index in [1.54, 1.807) is 18.2 Å². The maximum Gasteiger partial charge on any atom is 0.338 e. The van der Waals surface area contributed by atoms with Crippen molar-refractivity contribution in [2.24, 2.45) is 5.92 Å². The molecule has 0 amide bonds. The first-order chi connectivity index (χ1) is 9.58. The van der Waals surface area contributed by atoms with Crippen LogP contribution in [-0.4, -0.2) is 25.2 Å². The summed E-state index contributed by atoms with van der Waals surface area (Å²) in [5.74, 6) is -0.490. The van der Waals surface area contributed by atoms with Crippen molar-refractivity contribution < 1.29 is 19.1 Å². The second-order valence-electron chi connectivity index (χ2n) is 4.83. The molecule has 1 rings (SSSR count). The average molecular weight is 278 g/mol. The molecule has 0 saturated carbocycles. The minimum atomic E-state index is -0.413. The lowest BCUT2D eigenvalue weighted by Crippen LogP contribution is -2.13. The van der Waals surface area contributed by atoms with Gasteiger partial charge in [0.2, 0.25) is 0 Å². The number of esters is 2. The molecule has 0 heterocycles. The molecule has 1 aromatic carbocycles. The zero-order valence-corrected chi connectivity index (χ0v) is 12.3. The molecule has 0 aliphatic heterocycles. The van der Waals surface area contributed by atoms with Crippen LogP contribution < -0.4 is 0 Å². The van der Waals surface area contributed by atoms with Gasteiger partial charge in [-0.2, -0.15) is 0 Å². The fourth-order valence-electron chi connectivity index (χ4n) is 1.47. The molecule has 0 aromatic heterocycles. The molecule has 0 N–H and O–H groups in total. The van der Waals surface area contributed by atoms with E-state index in [0.29, 0.717) is 30.3 Å². The average Bonchev–Trinajstić information content (AvgIpc) is 2.49. The summed E-state index contributed by atoms with van der Waals surface area (Å²) >= 11 is 0. The van der Waals surface area contributed by atoms with Crippen molar-refractivity contribution in [1.29, 1.82) is 0 Å². The van der Waals surface area contributed by atoms with Gasteiger partial charge >= 0.3 is 11.9 Å². The number of hydrogen-bond donors (Lipinski definition) is 0. The van der Waals surface area contributed by atoms with Gasteiger partial charge in [-0.3, -0.25) is 0 Å². The third kappa shape index (κ3) is 5.03. The maximum absolute atomic E-state index is 11.9. The molecule has 0 aliphatic carbocycles. The molecule has 4 heteroatoms. The Bertz CT molecular complexity index is 454. The molecule has 0 bridgehead atoms. The molecular formula is C16H22O4. The van der Waals surface area contributed by atoms with Crippen LogP contribution in [0.4, 0.5) is 0 Å². The van der Waals surface area contributed by atoms with Crippen molar-refractivity contribution in [3.63, 3.8) is 0 Å². The van der Waals surface area contributed by atoms with Crippen LogP contribution >= 0.6 is 0 Å². The van der Waals surface area contributed by atoms with E-state index in [9.17, 15) is 9.59 Å². The molecule has 0 saturated heterocycles. The first-order valence-corrected chi connectivity index (χ1v) is 7.02. The van der Waals surface area contributed by atoms with Crippen LogP contribution in [0.1, 0.15) is 54.3 Å². The van der Waals surface area contributed by atoms with Crippen LogP contribution in [0.5, 0.6) is 0 Å². The summed E-state index contributed by atoms with van der Waals surface area (Å²) < 4.78 is 10.2. The summed E-state index contributed by atoms with van der Waals surface area (Å²) in [5.41, 5.74) is 0.746. The predicted molar refractivity (Wildman–Crippen MR) is 76.8 cm³/mol. The first-order valence-electron chi connectivity index (χ1n) is 7.02. The van der Waals surface area contributed by atoms with Crippen LogP contribution in [0.15, 0.2) is 24.3 Å². The zero-order chi connectivity index (χ0) is 15.0. The summed E-state index contributed by atoms with van der Waals surface area (Å²) in [7, 11) is 0.